The molecule has 1 aromatic rings. The summed E-state index contributed by atoms with van der Waals surface area (Å²) in [5.74, 6) is -0.0440. The van der Waals surface area contributed by atoms with E-state index in [9.17, 15) is 9.59 Å². The minimum Gasteiger partial charge on any atom is -0.383 e. The van der Waals surface area contributed by atoms with E-state index in [0.29, 0.717) is 31.3 Å². The molecule has 6 nitrogen and oxygen atoms in total. The summed E-state index contributed by atoms with van der Waals surface area (Å²) in [5.41, 5.74) is 0.527. The van der Waals surface area contributed by atoms with Crippen LogP contribution in [-0.2, 0) is 16.1 Å². The molecule has 2 N–H and O–H groups in total. The van der Waals surface area contributed by atoms with Gasteiger partial charge in [-0.2, -0.15) is 0 Å². The highest BCUT2D eigenvalue weighted by atomic mass is 16.5. The summed E-state index contributed by atoms with van der Waals surface area (Å²) >= 11 is 0. The van der Waals surface area contributed by atoms with Crippen molar-refractivity contribution >= 4 is 11.6 Å². The van der Waals surface area contributed by atoms with Crippen molar-refractivity contribution in [2.24, 2.45) is 0 Å². The Morgan fingerprint density at radius 3 is 2.81 bits per heavy atom. The zero-order valence-electron chi connectivity index (χ0n) is 13.0. The molecule has 0 spiro atoms. The molecule has 1 amide bonds. The van der Waals surface area contributed by atoms with E-state index in [1.165, 1.54) is 10.6 Å². The van der Waals surface area contributed by atoms with Crippen LogP contribution in [0.15, 0.2) is 23.1 Å². The Bertz CT molecular complexity index is 497. The number of nitrogens with zero attached hydrogens (tertiary/aromatic N) is 1. The average Bonchev–Trinajstić information content (AvgIpc) is 2.44. The fraction of sp³-hybridized carbons (Fsp3) is 0.600. The topological polar surface area (TPSA) is 72.4 Å². The molecule has 0 aliphatic heterocycles. The first-order valence-corrected chi connectivity index (χ1v) is 7.25. The van der Waals surface area contributed by atoms with Crippen molar-refractivity contribution in [3.05, 3.63) is 28.7 Å². The monoisotopic (exact) mass is 295 g/mol. The average molecular weight is 295 g/mol. The first-order valence-electron chi connectivity index (χ1n) is 7.25. The molecule has 0 aliphatic carbocycles. The highest BCUT2D eigenvalue weighted by molar-refractivity contribution is 5.90. The lowest BCUT2D eigenvalue weighted by molar-refractivity contribution is -0.116. The number of hydrogen-bond acceptors (Lipinski definition) is 4. The first kappa shape index (κ1) is 17.4. The summed E-state index contributed by atoms with van der Waals surface area (Å²) in [6.45, 7) is 5.89. The van der Waals surface area contributed by atoms with Gasteiger partial charge in [-0.3, -0.25) is 9.59 Å². The van der Waals surface area contributed by atoms with Gasteiger partial charge in [0.15, 0.2) is 0 Å². The molecular weight excluding hydrogens is 270 g/mol. The molecule has 1 aromatic heterocycles. The molecule has 1 rings (SSSR count). The molecule has 0 unspecified atom stereocenters. The summed E-state index contributed by atoms with van der Waals surface area (Å²) in [7, 11) is 1.59. The molecule has 0 saturated heterocycles. The number of aromatic nitrogens is 1. The molecule has 0 aromatic carbocycles. The van der Waals surface area contributed by atoms with Crippen LogP contribution in [0, 0.1) is 0 Å². The molecule has 0 bridgehead atoms. The predicted molar refractivity (Wildman–Crippen MR) is 83.6 cm³/mol. The molecular formula is C15H25N3O3. The lowest BCUT2D eigenvalue weighted by atomic mass is 10.2. The van der Waals surface area contributed by atoms with E-state index in [1.54, 1.807) is 19.4 Å². The van der Waals surface area contributed by atoms with E-state index in [4.69, 9.17) is 4.74 Å². The molecule has 21 heavy (non-hydrogen) atoms. The molecule has 0 fully saturated rings. The predicted octanol–water partition coefficient (Wildman–Crippen LogP) is 1.21. The number of nitrogens with one attached hydrogen (secondary N) is 2. The van der Waals surface area contributed by atoms with Gasteiger partial charge in [0, 0.05) is 38.4 Å². The minimum absolute atomic E-state index is 0.0440. The third kappa shape index (κ3) is 7.06. The quantitative estimate of drug-likeness (QED) is 0.672. The summed E-state index contributed by atoms with van der Waals surface area (Å²) in [4.78, 5) is 23.4. The molecule has 1 heterocycles. The van der Waals surface area contributed by atoms with Crippen molar-refractivity contribution in [3.63, 3.8) is 0 Å². The fourth-order valence-corrected chi connectivity index (χ4v) is 1.83. The van der Waals surface area contributed by atoms with E-state index in [0.717, 1.165) is 13.0 Å². The SMILES string of the molecule is COCCn1cc(NC(=O)CCCNC(C)C)ccc1=O. The Morgan fingerprint density at radius 1 is 1.38 bits per heavy atom. The number of carbonyl (C=O) groups excluding carboxylic acids is 1. The van der Waals surface area contributed by atoms with E-state index in [-0.39, 0.29) is 11.5 Å². The van der Waals surface area contributed by atoms with Crippen molar-refractivity contribution in [1.29, 1.82) is 0 Å². The number of anilines is 1. The molecule has 6 heteroatoms. The number of pyridine rings is 1. The number of amides is 1. The summed E-state index contributed by atoms with van der Waals surface area (Å²) in [6, 6.07) is 3.50. The maximum Gasteiger partial charge on any atom is 0.250 e. The van der Waals surface area contributed by atoms with Crippen molar-refractivity contribution in [3.8, 4) is 0 Å². The third-order valence-corrected chi connectivity index (χ3v) is 2.94. The summed E-state index contributed by atoms with van der Waals surface area (Å²) < 4.78 is 6.48. The fourth-order valence-electron chi connectivity index (χ4n) is 1.83. The van der Waals surface area contributed by atoms with Crippen molar-refractivity contribution < 1.29 is 9.53 Å². The summed E-state index contributed by atoms with van der Waals surface area (Å²) in [6.07, 6.45) is 2.88. The van der Waals surface area contributed by atoms with Gasteiger partial charge in [0.25, 0.3) is 5.56 Å². The van der Waals surface area contributed by atoms with E-state index < -0.39 is 0 Å². The van der Waals surface area contributed by atoms with Gasteiger partial charge in [0.05, 0.1) is 12.3 Å². The van der Waals surface area contributed by atoms with Crippen LogP contribution >= 0.6 is 0 Å². The Morgan fingerprint density at radius 2 is 2.14 bits per heavy atom. The van der Waals surface area contributed by atoms with Crippen LogP contribution < -0.4 is 16.2 Å². The van der Waals surface area contributed by atoms with Gasteiger partial charge < -0.3 is 19.9 Å². The Kier molecular flexibility index (Phi) is 7.71. The Balaban J connectivity index is 2.46. The van der Waals surface area contributed by atoms with Gasteiger partial charge in [0.1, 0.15) is 0 Å². The van der Waals surface area contributed by atoms with Crippen LogP contribution in [0.4, 0.5) is 5.69 Å². The van der Waals surface area contributed by atoms with Gasteiger partial charge in [-0.1, -0.05) is 13.8 Å². The number of methoxy groups -OCH3 is 1. The highest BCUT2D eigenvalue weighted by Gasteiger charge is 2.04. The van der Waals surface area contributed by atoms with Crippen LogP contribution in [0.2, 0.25) is 0 Å². The molecule has 0 atom stereocenters. The van der Waals surface area contributed by atoms with Crippen LogP contribution in [0.25, 0.3) is 0 Å². The maximum absolute atomic E-state index is 11.8. The lowest BCUT2D eigenvalue weighted by Crippen LogP contribution is -2.25. The highest BCUT2D eigenvalue weighted by Crippen LogP contribution is 2.04. The second-order valence-electron chi connectivity index (χ2n) is 5.20. The van der Waals surface area contributed by atoms with E-state index in [1.807, 2.05) is 0 Å². The van der Waals surface area contributed by atoms with Gasteiger partial charge in [0.2, 0.25) is 5.91 Å². The zero-order chi connectivity index (χ0) is 15.7. The Hall–Kier alpha value is -1.66. The standard InChI is InChI=1S/C15H25N3O3/c1-12(2)16-8-4-5-14(19)17-13-6-7-15(20)18(11-13)9-10-21-3/h6-7,11-12,16H,4-5,8-10H2,1-3H3,(H,17,19). The van der Waals surface area contributed by atoms with Crippen LogP contribution in [-0.4, -0.2) is 36.8 Å². The van der Waals surface area contributed by atoms with Crippen molar-refractivity contribution in [2.45, 2.75) is 39.3 Å². The Labute approximate surface area is 125 Å². The van der Waals surface area contributed by atoms with Crippen LogP contribution in [0.5, 0.6) is 0 Å². The van der Waals surface area contributed by atoms with Crippen LogP contribution in [0.3, 0.4) is 0 Å². The van der Waals surface area contributed by atoms with Gasteiger partial charge in [-0.25, -0.2) is 0 Å². The largest absolute Gasteiger partial charge is 0.383 e. The van der Waals surface area contributed by atoms with E-state index in [2.05, 4.69) is 24.5 Å². The van der Waals surface area contributed by atoms with Gasteiger partial charge >= 0.3 is 0 Å². The van der Waals surface area contributed by atoms with Gasteiger partial charge in [-0.05, 0) is 19.0 Å². The van der Waals surface area contributed by atoms with Gasteiger partial charge in [-0.15, -0.1) is 0 Å². The van der Waals surface area contributed by atoms with Crippen molar-refractivity contribution in [1.82, 2.24) is 9.88 Å². The number of rotatable bonds is 9. The lowest BCUT2D eigenvalue weighted by Gasteiger charge is -2.10. The summed E-state index contributed by atoms with van der Waals surface area (Å²) in [5, 5.41) is 6.07. The normalized spacial score (nSPS) is 10.9. The third-order valence-electron chi connectivity index (χ3n) is 2.94. The maximum atomic E-state index is 11.8. The number of ether oxygens (including phenoxy) is 1. The minimum atomic E-state index is -0.105. The number of hydrogen-bond donors (Lipinski definition) is 2. The molecule has 0 radical (unpaired) electrons. The zero-order valence-corrected chi connectivity index (χ0v) is 13.0. The molecule has 0 saturated carbocycles. The smallest absolute Gasteiger partial charge is 0.250 e. The van der Waals surface area contributed by atoms with Crippen LogP contribution in [0.1, 0.15) is 26.7 Å². The second kappa shape index (κ2) is 9.31. The van der Waals surface area contributed by atoms with E-state index >= 15 is 0 Å². The first-order chi connectivity index (χ1) is 10.0. The molecule has 118 valence electrons. The molecule has 0 aliphatic rings. The van der Waals surface area contributed by atoms with Crippen molar-refractivity contribution in [2.75, 3.05) is 25.6 Å². The second-order valence-corrected chi connectivity index (χ2v) is 5.20. The number of carbonyl (C=O) groups is 1.